The van der Waals surface area contributed by atoms with Crippen LogP contribution >= 0.6 is 13.2 Å². The van der Waals surface area contributed by atoms with Gasteiger partial charge in [0, 0.05) is 0 Å². The Morgan fingerprint density at radius 1 is 0.382 bits per heavy atom. The Hall–Kier alpha value is -5.38. The summed E-state index contributed by atoms with van der Waals surface area (Å²) in [5.41, 5.74) is 2.91. The summed E-state index contributed by atoms with van der Waals surface area (Å²) in [4.78, 5) is 0. The SMILES string of the molecule is CCP(c1ccccc1)(c1ccccc1)(c1ccccc1)c1ccc2cccc3c2c1C=CC3P(CC)(c1ccccc1)(c1ccccc1)c1ccccc1. The van der Waals surface area contributed by atoms with Gasteiger partial charge in [-0.15, -0.1) is 0 Å². The third-order valence-corrected chi connectivity index (χ3v) is 27.8. The maximum atomic E-state index is 2.64. The van der Waals surface area contributed by atoms with E-state index in [9.17, 15) is 0 Å². The topological polar surface area (TPSA) is 0 Å². The average Bonchev–Trinajstić information content (AvgIpc) is 3.28. The molecular weight excluding hydrogens is 699 g/mol. The molecule has 1 atom stereocenters. The van der Waals surface area contributed by atoms with Crippen LogP contribution in [-0.4, -0.2) is 12.3 Å². The van der Waals surface area contributed by atoms with E-state index in [1.54, 1.807) is 0 Å². The second-order valence-electron chi connectivity index (χ2n) is 15.1. The Morgan fingerprint density at radius 2 is 0.782 bits per heavy atom. The van der Waals surface area contributed by atoms with Crippen molar-refractivity contribution in [1.82, 2.24) is 0 Å². The van der Waals surface area contributed by atoms with Crippen molar-refractivity contribution >= 4 is 67.2 Å². The zero-order chi connectivity index (χ0) is 37.4. The average molecular weight is 747 g/mol. The van der Waals surface area contributed by atoms with Gasteiger partial charge in [0.2, 0.25) is 0 Å². The quantitative estimate of drug-likeness (QED) is 0.122. The summed E-state index contributed by atoms with van der Waals surface area (Å²) in [7, 11) is 0. The normalized spacial score (nSPS) is 15.4. The van der Waals surface area contributed by atoms with Crippen LogP contribution in [0.2, 0.25) is 0 Å². The molecule has 0 N–H and O–H groups in total. The molecule has 0 fully saturated rings. The summed E-state index contributed by atoms with van der Waals surface area (Å²) in [5, 5.41) is 12.7. The van der Waals surface area contributed by atoms with Gasteiger partial charge in [-0.25, -0.2) is 0 Å². The van der Waals surface area contributed by atoms with Gasteiger partial charge in [0.05, 0.1) is 0 Å². The fraction of sp³-hybridized carbons (Fsp3) is 0.0943. The van der Waals surface area contributed by atoms with E-state index in [4.69, 9.17) is 0 Å². The molecule has 0 heterocycles. The van der Waals surface area contributed by atoms with Gasteiger partial charge in [0.15, 0.2) is 0 Å². The number of hydrogen-bond acceptors (Lipinski definition) is 0. The van der Waals surface area contributed by atoms with Gasteiger partial charge < -0.3 is 0 Å². The Bertz CT molecular complexity index is 2420. The molecule has 0 saturated carbocycles. The molecule has 270 valence electrons. The Labute approximate surface area is 327 Å². The van der Waals surface area contributed by atoms with Crippen LogP contribution in [0, 0.1) is 0 Å². The standard InChI is InChI=1S/C53H48P2/c1-3-54(43-25-11-5-12-26-43,44-27-13-6-14-28-44,45-29-15-7-16-30-45)51-40-38-42-24-23-37-49-52(41-39-50(51)53(42)49)55(4-2,46-31-17-8-18-32-46,47-33-19-9-20-34-47)48-35-21-10-22-36-48/h5-41,52H,3-4H2,1-2H3. The first-order valence-corrected chi connectivity index (χ1v) is 24.6. The van der Waals surface area contributed by atoms with Crippen LogP contribution in [0.3, 0.4) is 0 Å². The molecule has 0 amide bonds. The molecule has 0 aromatic heterocycles. The van der Waals surface area contributed by atoms with Crippen molar-refractivity contribution in [2.45, 2.75) is 19.5 Å². The van der Waals surface area contributed by atoms with Crippen LogP contribution < -0.4 is 37.1 Å². The molecule has 0 bridgehead atoms. The van der Waals surface area contributed by atoms with Gasteiger partial charge in [-0.05, 0) is 0 Å². The van der Waals surface area contributed by atoms with E-state index in [-0.39, 0.29) is 5.66 Å². The first-order chi connectivity index (χ1) is 27.1. The molecule has 1 aliphatic carbocycles. The first kappa shape index (κ1) is 35.3. The monoisotopic (exact) mass is 746 g/mol. The molecule has 9 rings (SSSR count). The maximum absolute atomic E-state index is 3.37. The molecular formula is C53H48P2. The van der Waals surface area contributed by atoms with Crippen molar-refractivity contribution in [1.29, 1.82) is 0 Å². The fourth-order valence-electron chi connectivity index (χ4n) is 10.9. The molecule has 0 nitrogen and oxygen atoms in total. The summed E-state index contributed by atoms with van der Waals surface area (Å²) in [5.74, 6) is 0. The van der Waals surface area contributed by atoms with Crippen molar-refractivity contribution in [2.24, 2.45) is 0 Å². The number of rotatable bonds is 10. The number of allylic oxidation sites excluding steroid dienone is 1. The molecule has 0 spiro atoms. The van der Waals surface area contributed by atoms with Gasteiger partial charge in [-0.3, -0.25) is 0 Å². The van der Waals surface area contributed by atoms with Crippen LogP contribution in [0.25, 0.3) is 16.8 Å². The van der Waals surface area contributed by atoms with E-state index in [0.29, 0.717) is 0 Å². The van der Waals surface area contributed by atoms with Crippen LogP contribution in [0.1, 0.15) is 30.6 Å². The van der Waals surface area contributed by atoms with E-state index in [0.717, 1.165) is 12.3 Å². The Morgan fingerprint density at radius 3 is 1.16 bits per heavy atom. The van der Waals surface area contributed by atoms with Crippen LogP contribution in [0.5, 0.6) is 0 Å². The van der Waals surface area contributed by atoms with E-state index in [2.05, 4.69) is 238 Å². The summed E-state index contributed by atoms with van der Waals surface area (Å²) in [6.45, 7) is -1.77. The molecule has 8 aromatic rings. The van der Waals surface area contributed by atoms with Gasteiger partial charge >= 0.3 is 329 Å². The number of hydrogen-bond donors (Lipinski definition) is 0. The predicted molar refractivity (Wildman–Crippen MR) is 247 cm³/mol. The van der Waals surface area contributed by atoms with Crippen molar-refractivity contribution in [3.05, 3.63) is 230 Å². The predicted octanol–water partition coefficient (Wildman–Crippen LogP) is 10.6. The first-order valence-electron chi connectivity index (χ1n) is 19.7. The van der Waals surface area contributed by atoms with Gasteiger partial charge in [0.1, 0.15) is 0 Å². The molecule has 1 unspecified atom stereocenters. The molecule has 2 heteroatoms. The Balaban J connectivity index is 1.47. The molecule has 8 aromatic carbocycles. The van der Waals surface area contributed by atoms with E-state index in [1.807, 2.05) is 0 Å². The molecule has 0 aliphatic heterocycles. The third kappa shape index (κ3) is 4.66. The van der Waals surface area contributed by atoms with Crippen molar-refractivity contribution < 1.29 is 0 Å². The van der Waals surface area contributed by atoms with Crippen LogP contribution in [0.4, 0.5) is 0 Å². The zero-order valence-electron chi connectivity index (χ0n) is 31.7. The molecule has 0 saturated heterocycles. The van der Waals surface area contributed by atoms with Gasteiger partial charge in [-0.1, -0.05) is 0 Å². The third-order valence-electron chi connectivity index (χ3n) is 13.3. The molecule has 1 aliphatic rings. The minimum absolute atomic E-state index is 0.118. The minimum atomic E-state index is -3.37. The molecule has 0 radical (unpaired) electrons. The summed E-state index contributed by atoms with van der Waals surface area (Å²) in [6.07, 6.45) is 7.16. The van der Waals surface area contributed by atoms with Crippen molar-refractivity contribution in [3.8, 4) is 0 Å². The summed E-state index contributed by atoms with van der Waals surface area (Å²) >= 11 is 0. The van der Waals surface area contributed by atoms with Gasteiger partial charge in [0.25, 0.3) is 0 Å². The molecule has 55 heavy (non-hydrogen) atoms. The number of benzene rings is 8. The fourth-order valence-corrected chi connectivity index (χ4v) is 24.9. The Kier molecular flexibility index (Phi) is 8.82. The summed E-state index contributed by atoms with van der Waals surface area (Å²) < 4.78 is 0. The zero-order valence-corrected chi connectivity index (χ0v) is 33.5. The van der Waals surface area contributed by atoms with E-state index >= 15 is 0 Å². The van der Waals surface area contributed by atoms with E-state index in [1.165, 1.54) is 59.0 Å². The second-order valence-corrected chi connectivity index (χ2v) is 25.8. The van der Waals surface area contributed by atoms with Crippen molar-refractivity contribution in [2.75, 3.05) is 12.3 Å². The van der Waals surface area contributed by atoms with Crippen LogP contribution in [0.15, 0.2) is 218 Å². The second kappa shape index (κ2) is 13.7. The van der Waals surface area contributed by atoms with E-state index < -0.39 is 13.2 Å². The van der Waals surface area contributed by atoms with Gasteiger partial charge in [-0.2, -0.15) is 0 Å². The summed E-state index contributed by atoms with van der Waals surface area (Å²) in [6, 6.07) is 81.0. The van der Waals surface area contributed by atoms with Crippen LogP contribution in [-0.2, 0) is 0 Å². The van der Waals surface area contributed by atoms with Crippen molar-refractivity contribution in [3.63, 3.8) is 0 Å².